The first-order chi connectivity index (χ1) is 16.8. The van der Waals surface area contributed by atoms with Gasteiger partial charge in [-0.3, -0.25) is 4.79 Å². The van der Waals surface area contributed by atoms with Gasteiger partial charge in [0.1, 0.15) is 5.82 Å². The minimum absolute atomic E-state index is 0.162. The molecule has 1 atom stereocenters. The third-order valence-electron chi connectivity index (χ3n) is 6.00. The molecule has 182 valence electrons. The first-order valence-electron chi connectivity index (χ1n) is 11.7. The van der Waals surface area contributed by atoms with Crippen molar-refractivity contribution in [3.8, 4) is 21.8 Å². The molecule has 0 bridgehead atoms. The number of thiophene rings is 1. The number of aromatic nitrogens is 4. The van der Waals surface area contributed by atoms with Crippen LogP contribution in [0, 0.1) is 0 Å². The number of fused-ring (bicyclic) bond motifs is 1. The molecule has 1 fully saturated rings. The van der Waals surface area contributed by atoms with Crippen molar-refractivity contribution in [2.75, 3.05) is 31.1 Å². The van der Waals surface area contributed by atoms with Crippen molar-refractivity contribution < 1.29 is 9.90 Å². The molecule has 0 aliphatic carbocycles. The number of pyridine rings is 1. The van der Waals surface area contributed by atoms with Crippen LogP contribution in [0.2, 0.25) is 0 Å². The summed E-state index contributed by atoms with van der Waals surface area (Å²) in [5.74, 6) is 0.475. The summed E-state index contributed by atoms with van der Waals surface area (Å²) in [4.78, 5) is 25.8. The summed E-state index contributed by atoms with van der Waals surface area (Å²) in [6, 6.07) is 9.69. The SMILES string of the molecule is CCN[C@@H](C)CNC(=O)c1cc(-c2cnn3ccc(-c4cccs4)nc23)nc(N2CC(C)(O)C2)c1. The summed E-state index contributed by atoms with van der Waals surface area (Å²) in [6.45, 7) is 8.13. The normalized spacial score (nSPS) is 15.7. The molecular weight excluding hydrogens is 462 g/mol. The Morgan fingerprint density at radius 3 is 2.80 bits per heavy atom. The molecule has 4 aromatic heterocycles. The van der Waals surface area contributed by atoms with Gasteiger partial charge >= 0.3 is 0 Å². The van der Waals surface area contributed by atoms with E-state index in [1.807, 2.05) is 48.5 Å². The van der Waals surface area contributed by atoms with Gasteiger partial charge in [-0.25, -0.2) is 14.5 Å². The number of nitrogens with one attached hydrogen (secondary N) is 2. The maximum absolute atomic E-state index is 13.1. The minimum Gasteiger partial charge on any atom is -0.386 e. The molecule has 0 unspecified atom stereocenters. The Labute approximate surface area is 207 Å². The van der Waals surface area contributed by atoms with E-state index in [9.17, 15) is 9.90 Å². The largest absolute Gasteiger partial charge is 0.386 e. The lowest BCUT2D eigenvalue weighted by Crippen LogP contribution is -2.60. The molecule has 9 nitrogen and oxygen atoms in total. The average Bonchev–Trinajstić information content (AvgIpc) is 3.50. The molecule has 1 aliphatic rings. The predicted octanol–water partition coefficient (Wildman–Crippen LogP) is 2.82. The van der Waals surface area contributed by atoms with Crippen LogP contribution in [0.25, 0.3) is 27.5 Å². The Morgan fingerprint density at radius 1 is 1.26 bits per heavy atom. The van der Waals surface area contributed by atoms with Gasteiger partial charge in [-0.15, -0.1) is 11.3 Å². The summed E-state index contributed by atoms with van der Waals surface area (Å²) < 4.78 is 1.72. The number of anilines is 1. The minimum atomic E-state index is -0.761. The number of hydrogen-bond acceptors (Lipinski definition) is 8. The number of rotatable bonds is 8. The van der Waals surface area contributed by atoms with Gasteiger partial charge in [0.05, 0.1) is 33.6 Å². The number of likely N-dealkylation sites (N-methyl/N-ethyl adjacent to an activating group) is 1. The molecule has 35 heavy (non-hydrogen) atoms. The third-order valence-corrected chi connectivity index (χ3v) is 6.89. The van der Waals surface area contributed by atoms with E-state index < -0.39 is 5.60 Å². The lowest BCUT2D eigenvalue weighted by Gasteiger charge is -2.45. The van der Waals surface area contributed by atoms with Crippen LogP contribution < -0.4 is 15.5 Å². The van der Waals surface area contributed by atoms with Gasteiger partial charge in [-0.1, -0.05) is 13.0 Å². The Bertz CT molecular complexity index is 1340. The van der Waals surface area contributed by atoms with Crippen molar-refractivity contribution in [1.29, 1.82) is 0 Å². The molecule has 3 N–H and O–H groups in total. The van der Waals surface area contributed by atoms with Crippen LogP contribution in [0.5, 0.6) is 0 Å². The molecule has 0 spiro atoms. The second-order valence-corrected chi connectivity index (χ2v) is 10.2. The second kappa shape index (κ2) is 9.37. The molecular formula is C25H29N7O2S. The molecule has 1 saturated heterocycles. The van der Waals surface area contributed by atoms with Gasteiger partial charge in [0.25, 0.3) is 5.91 Å². The highest BCUT2D eigenvalue weighted by atomic mass is 32.1. The average molecular weight is 492 g/mol. The lowest BCUT2D eigenvalue weighted by molar-refractivity contribution is 0.0305. The second-order valence-electron chi connectivity index (χ2n) is 9.24. The highest BCUT2D eigenvalue weighted by Gasteiger charge is 2.37. The Kier molecular flexibility index (Phi) is 6.26. The summed E-state index contributed by atoms with van der Waals surface area (Å²) in [7, 11) is 0. The molecule has 0 aromatic carbocycles. The van der Waals surface area contributed by atoms with E-state index >= 15 is 0 Å². The molecule has 1 amide bonds. The fourth-order valence-corrected chi connectivity index (χ4v) is 4.96. The maximum Gasteiger partial charge on any atom is 0.251 e. The molecule has 0 radical (unpaired) electrons. The zero-order valence-electron chi connectivity index (χ0n) is 20.0. The van der Waals surface area contributed by atoms with Crippen molar-refractivity contribution in [2.45, 2.75) is 32.4 Å². The zero-order valence-corrected chi connectivity index (χ0v) is 20.8. The number of nitrogens with zero attached hydrogens (tertiary/aromatic N) is 5. The first kappa shape index (κ1) is 23.4. The van der Waals surface area contributed by atoms with Crippen LogP contribution in [-0.4, -0.2) is 68.4 Å². The number of hydrogen-bond donors (Lipinski definition) is 3. The number of β-amino-alcohol motifs (C(OH)–C–C–N with tert-alkyl or cyclic N) is 1. The number of aliphatic hydroxyl groups is 1. The van der Waals surface area contributed by atoms with Crippen molar-refractivity contribution >= 4 is 28.7 Å². The Hall–Kier alpha value is -3.34. The van der Waals surface area contributed by atoms with Crippen molar-refractivity contribution in [3.63, 3.8) is 0 Å². The number of carbonyl (C=O) groups excluding carboxylic acids is 1. The summed E-state index contributed by atoms with van der Waals surface area (Å²) >= 11 is 1.63. The van der Waals surface area contributed by atoms with E-state index in [-0.39, 0.29) is 11.9 Å². The summed E-state index contributed by atoms with van der Waals surface area (Å²) in [5.41, 5.74) is 2.64. The van der Waals surface area contributed by atoms with Crippen LogP contribution >= 0.6 is 11.3 Å². The van der Waals surface area contributed by atoms with Gasteiger partial charge in [0.2, 0.25) is 0 Å². The standard InChI is InChI=1S/C25H29N7O2S/c1-4-26-16(2)12-27-24(33)17-10-20(29-22(11-17)31-14-25(3,34)15-31)18-13-28-32-8-7-19(30-23(18)32)21-6-5-9-35-21/h5-11,13,16,26,34H,4,12,14-15H2,1-3H3,(H,27,33)/t16-/m0/s1. The highest BCUT2D eigenvalue weighted by Crippen LogP contribution is 2.31. The van der Waals surface area contributed by atoms with E-state index in [2.05, 4.69) is 15.7 Å². The molecule has 10 heteroatoms. The first-order valence-corrected chi connectivity index (χ1v) is 12.6. The smallest absolute Gasteiger partial charge is 0.251 e. The highest BCUT2D eigenvalue weighted by molar-refractivity contribution is 7.13. The van der Waals surface area contributed by atoms with E-state index in [1.165, 1.54) is 0 Å². The molecule has 5 rings (SSSR count). The number of amides is 1. The van der Waals surface area contributed by atoms with Gasteiger partial charge < -0.3 is 20.6 Å². The van der Waals surface area contributed by atoms with E-state index in [0.717, 1.165) is 22.7 Å². The zero-order chi connectivity index (χ0) is 24.6. The molecule has 4 aromatic rings. The van der Waals surface area contributed by atoms with Gasteiger partial charge in [-0.2, -0.15) is 5.10 Å². The van der Waals surface area contributed by atoms with Crippen LogP contribution in [0.4, 0.5) is 5.82 Å². The van der Waals surface area contributed by atoms with Gasteiger partial charge in [0, 0.05) is 37.4 Å². The van der Waals surface area contributed by atoms with Crippen molar-refractivity contribution in [1.82, 2.24) is 30.2 Å². The quantitative estimate of drug-likeness (QED) is 0.348. The van der Waals surface area contributed by atoms with Crippen LogP contribution in [0.15, 0.2) is 48.1 Å². The number of carbonyl (C=O) groups is 1. The molecule has 1 aliphatic heterocycles. The molecule has 0 saturated carbocycles. The van der Waals surface area contributed by atoms with E-state index in [1.54, 1.807) is 41.1 Å². The van der Waals surface area contributed by atoms with Gasteiger partial charge in [0.15, 0.2) is 5.65 Å². The summed E-state index contributed by atoms with van der Waals surface area (Å²) in [5, 5.41) is 23.0. The van der Waals surface area contributed by atoms with E-state index in [0.29, 0.717) is 42.4 Å². The van der Waals surface area contributed by atoms with Crippen molar-refractivity contribution in [3.05, 3.63) is 53.7 Å². The van der Waals surface area contributed by atoms with Crippen molar-refractivity contribution in [2.24, 2.45) is 0 Å². The molecule has 5 heterocycles. The lowest BCUT2D eigenvalue weighted by atomic mass is 9.96. The Morgan fingerprint density at radius 2 is 2.09 bits per heavy atom. The van der Waals surface area contributed by atoms with E-state index in [4.69, 9.17) is 9.97 Å². The topological polar surface area (TPSA) is 108 Å². The fraction of sp³-hybridized carbons (Fsp3) is 0.360. The van der Waals surface area contributed by atoms with Crippen LogP contribution in [0.3, 0.4) is 0 Å². The van der Waals surface area contributed by atoms with Gasteiger partial charge in [-0.05, 0) is 50.0 Å². The summed E-state index contributed by atoms with van der Waals surface area (Å²) in [6.07, 6.45) is 3.61. The maximum atomic E-state index is 13.1. The fourth-order valence-electron chi connectivity index (χ4n) is 4.26. The third kappa shape index (κ3) is 4.90. The van der Waals surface area contributed by atoms with Crippen LogP contribution in [0.1, 0.15) is 31.1 Å². The monoisotopic (exact) mass is 491 g/mol. The predicted molar refractivity (Wildman–Crippen MR) is 138 cm³/mol. The Balaban J connectivity index is 1.52. The van der Waals surface area contributed by atoms with Crippen LogP contribution in [-0.2, 0) is 0 Å².